The zero-order valence-electron chi connectivity index (χ0n) is 12.6. The number of nitrogens with zero attached hydrogens (tertiary/aromatic N) is 3. The summed E-state index contributed by atoms with van der Waals surface area (Å²) >= 11 is 6.15. The van der Waals surface area contributed by atoms with Crippen LogP contribution in [0.2, 0.25) is 5.15 Å². The molecule has 2 aromatic rings. The number of aromatic nitrogens is 3. The molecule has 116 valence electrons. The van der Waals surface area contributed by atoms with Crippen LogP contribution in [0.4, 0.5) is 0 Å². The zero-order chi connectivity index (χ0) is 15.5. The van der Waals surface area contributed by atoms with E-state index < -0.39 is 5.79 Å². The van der Waals surface area contributed by atoms with E-state index in [4.69, 9.17) is 21.1 Å². The van der Waals surface area contributed by atoms with Gasteiger partial charge < -0.3 is 14.0 Å². The molecule has 5 nitrogen and oxygen atoms in total. The highest BCUT2D eigenvalue weighted by molar-refractivity contribution is 6.33. The second-order valence-corrected chi connectivity index (χ2v) is 6.75. The fourth-order valence-corrected chi connectivity index (χ4v) is 3.89. The molecule has 22 heavy (non-hydrogen) atoms. The van der Waals surface area contributed by atoms with Crippen LogP contribution in [0.3, 0.4) is 0 Å². The van der Waals surface area contributed by atoms with Gasteiger partial charge in [0.25, 0.3) is 0 Å². The molecule has 1 aliphatic carbocycles. The first kappa shape index (κ1) is 14.2. The second-order valence-electron chi connectivity index (χ2n) is 6.39. The van der Waals surface area contributed by atoms with Crippen molar-refractivity contribution >= 4 is 22.6 Å². The van der Waals surface area contributed by atoms with Crippen LogP contribution in [0.5, 0.6) is 0 Å². The van der Waals surface area contributed by atoms with E-state index >= 15 is 0 Å². The number of fused-ring (bicyclic) bond motifs is 2. The van der Waals surface area contributed by atoms with Crippen LogP contribution in [0, 0.1) is 5.92 Å². The average molecular weight is 320 g/mol. The van der Waals surface area contributed by atoms with Crippen LogP contribution in [0.25, 0.3) is 11.0 Å². The lowest BCUT2D eigenvalue weighted by atomic mass is 10.1. The van der Waals surface area contributed by atoms with E-state index in [1.807, 2.05) is 32.2 Å². The van der Waals surface area contributed by atoms with Gasteiger partial charge in [0.15, 0.2) is 5.79 Å². The summed E-state index contributed by atoms with van der Waals surface area (Å²) in [6, 6.07) is 2.10. The summed E-state index contributed by atoms with van der Waals surface area (Å²) < 4.78 is 14.4. The Kier molecular flexibility index (Phi) is 3.08. The Morgan fingerprint density at radius 2 is 2.14 bits per heavy atom. The number of ether oxygens (including phenoxy) is 2. The van der Waals surface area contributed by atoms with Gasteiger partial charge in [-0.2, -0.15) is 0 Å². The normalized spacial score (nSPS) is 33.2. The minimum absolute atomic E-state index is 0.0117. The number of hydrogen-bond acceptors (Lipinski definition) is 4. The van der Waals surface area contributed by atoms with Gasteiger partial charge >= 0.3 is 0 Å². The summed E-state index contributed by atoms with van der Waals surface area (Å²) in [5.74, 6) is -0.295. The Morgan fingerprint density at radius 3 is 2.91 bits per heavy atom. The quantitative estimate of drug-likeness (QED) is 0.629. The molecule has 0 spiro atoms. The van der Waals surface area contributed by atoms with Crippen LogP contribution in [-0.4, -0.2) is 32.5 Å². The minimum atomic E-state index is -0.565. The molecule has 2 aromatic heterocycles. The Balaban J connectivity index is 1.78. The third-order valence-electron chi connectivity index (χ3n) is 4.60. The van der Waals surface area contributed by atoms with Gasteiger partial charge in [-0.15, -0.1) is 6.58 Å². The van der Waals surface area contributed by atoms with Crippen molar-refractivity contribution in [2.75, 3.05) is 0 Å². The minimum Gasteiger partial charge on any atom is -0.344 e. The maximum absolute atomic E-state index is 6.15. The molecule has 0 radical (unpaired) electrons. The molecule has 6 heteroatoms. The van der Waals surface area contributed by atoms with Gasteiger partial charge in [0.1, 0.15) is 23.2 Å². The molecule has 0 bridgehead atoms. The topological polar surface area (TPSA) is 49.2 Å². The van der Waals surface area contributed by atoms with Gasteiger partial charge in [-0.3, -0.25) is 0 Å². The molecule has 1 saturated carbocycles. The smallest absolute Gasteiger partial charge is 0.163 e. The summed E-state index contributed by atoms with van der Waals surface area (Å²) in [4.78, 5) is 8.43. The SMILES string of the molecule is C=C[C@@H]1C[C@@H](n2ccc3c(Cl)ncnc32)[C@@H]2OC(C)(C)O[C@@H]21. The van der Waals surface area contributed by atoms with Crippen molar-refractivity contribution in [1.82, 2.24) is 14.5 Å². The largest absolute Gasteiger partial charge is 0.344 e. The lowest BCUT2D eigenvalue weighted by molar-refractivity contribution is -0.158. The second kappa shape index (κ2) is 4.78. The van der Waals surface area contributed by atoms with Crippen molar-refractivity contribution in [2.24, 2.45) is 5.92 Å². The average Bonchev–Trinajstić information content (AvgIpc) is 3.10. The molecule has 0 aromatic carbocycles. The van der Waals surface area contributed by atoms with Gasteiger partial charge in [0.05, 0.1) is 17.5 Å². The fraction of sp³-hybridized carbons (Fsp3) is 0.500. The van der Waals surface area contributed by atoms with Gasteiger partial charge in [-0.25, -0.2) is 9.97 Å². The van der Waals surface area contributed by atoms with Crippen molar-refractivity contribution in [1.29, 1.82) is 0 Å². The fourth-order valence-electron chi connectivity index (χ4n) is 3.70. The predicted molar refractivity (Wildman–Crippen MR) is 83.7 cm³/mol. The van der Waals surface area contributed by atoms with Crippen LogP contribution >= 0.6 is 11.6 Å². The standard InChI is InChI=1S/C16H18ClN3O2/c1-4-9-7-11(13-12(9)21-16(2,3)22-13)20-6-5-10-14(17)18-8-19-15(10)20/h4-6,8-9,11-13H,1,7H2,2-3H3/t9-,11-,12-,13+/m1/s1. The van der Waals surface area contributed by atoms with Crippen molar-refractivity contribution in [2.45, 2.75) is 44.3 Å². The maximum atomic E-state index is 6.15. The lowest BCUT2D eigenvalue weighted by Gasteiger charge is -2.24. The zero-order valence-corrected chi connectivity index (χ0v) is 13.3. The molecule has 1 saturated heterocycles. The van der Waals surface area contributed by atoms with E-state index in [2.05, 4.69) is 21.1 Å². The molecule has 4 atom stereocenters. The Labute approximate surface area is 133 Å². The van der Waals surface area contributed by atoms with Gasteiger partial charge in [0.2, 0.25) is 0 Å². The molecule has 0 amide bonds. The van der Waals surface area contributed by atoms with Crippen LogP contribution in [-0.2, 0) is 9.47 Å². The van der Waals surface area contributed by atoms with Crippen molar-refractivity contribution in [3.8, 4) is 0 Å². The third kappa shape index (κ3) is 2.00. The van der Waals surface area contributed by atoms with Gasteiger partial charge in [0, 0.05) is 12.1 Å². The van der Waals surface area contributed by atoms with Crippen LogP contribution in [0.1, 0.15) is 26.3 Å². The first-order valence-electron chi connectivity index (χ1n) is 7.45. The molecular formula is C16H18ClN3O2. The van der Waals surface area contributed by atoms with Crippen molar-refractivity contribution in [3.05, 3.63) is 36.4 Å². The number of hydrogen-bond donors (Lipinski definition) is 0. The van der Waals surface area contributed by atoms with Gasteiger partial charge in [-0.05, 0) is 26.3 Å². The molecular weight excluding hydrogens is 302 g/mol. The highest BCUT2D eigenvalue weighted by Gasteiger charge is 2.53. The Hall–Kier alpha value is -1.43. The first-order valence-corrected chi connectivity index (χ1v) is 7.83. The third-order valence-corrected chi connectivity index (χ3v) is 4.90. The molecule has 0 N–H and O–H groups in total. The summed E-state index contributed by atoms with van der Waals surface area (Å²) in [7, 11) is 0. The maximum Gasteiger partial charge on any atom is 0.163 e. The predicted octanol–water partition coefficient (Wildman–Crippen LogP) is 3.35. The number of halogens is 1. The van der Waals surface area contributed by atoms with Crippen LogP contribution < -0.4 is 0 Å². The summed E-state index contributed by atoms with van der Waals surface area (Å²) in [6.07, 6.45) is 6.41. The highest BCUT2D eigenvalue weighted by Crippen LogP contribution is 2.48. The van der Waals surface area contributed by atoms with E-state index in [-0.39, 0.29) is 24.2 Å². The molecule has 3 heterocycles. The summed E-state index contributed by atoms with van der Waals surface area (Å²) in [6.45, 7) is 7.86. The van der Waals surface area contributed by atoms with Crippen LogP contribution in [0.15, 0.2) is 31.2 Å². The van der Waals surface area contributed by atoms with Crippen molar-refractivity contribution < 1.29 is 9.47 Å². The molecule has 1 aliphatic heterocycles. The molecule has 0 unspecified atom stereocenters. The molecule has 4 rings (SSSR count). The van der Waals surface area contributed by atoms with E-state index in [0.29, 0.717) is 5.15 Å². The molecule has 2 fully saturated rings. The summed E-state index contributed by atoms with van der Waals surface area (Å²) in [5, 5.41) is 1.34. The lowest BCUT2D eigenvalue weighted by Crippen LogP contribution is -2.27. The van der Waals surface area contributed by atoms with E-state index in [9.17, 15) is 0 Å². The number of rotatable bonds is 2. The van der Waals surface area contributed by atoms with E-state index in [1.165, 1.54) is 6.33 Å². The monoisotopic (exact) mass is 319 g/mol. The summed E-state index contributed by atoms with van der Waals surface area (Å²) in [5.41, 5.74) is 0.835. The molecule has 2 aliphatic rings. The Bertz CT molecular complexity index is 742. The Morgan fingerprint density at radius 1 is 1.36 bits per heavy atom. The highest BCUT2D eigenvalue weighted by atomic mass is 35.5. The van der Waals surface area contributed by atoms with Gasteiger partial charge in [-0.1, -0.05) is 17.7 Å². The first-order chi connectivity index (χ1) is 10.5. The van der Waals surface area contributed by atoms with Crippen molar-refractivity contribution in [3.63, 3.8) is 0 Å². The van der Waals surface area contributed by atoms with E-state index in [1.54, 1.807) is 0 Å². The van der Waals surface area contributed by atoms with E-state index in [0.717, 1.165) is 17.5 Å².